The molecule has 2 atom stereocenters. The number of hydrogen-bond donors (Lipinski definition) is 1. The van der Waals surface area contributed by atoms with Crippen molar-refractivity contribution in [1.82, 2.24) is 9.88 Å². The van der Waals surface area contributed by atoms with Gasteiger partial charge in [-0.25, -0.2) is 0 Å². The topological polar surface area (TPSA) is 86.6 Å². The van der Waals surface area contributed by atoms with E-state index in [0.717, 1.165) is 22.2 Å². The van der Waals surface area contributed by atoms with Crippen LogP contribution in [0.15, 0.2) is 24.3 Å². The summed E-state index contributed by atoms with van der Waals surface area (Å²) in [5.41, 5.74) is 1.41. The molecule has 0 bridgehead atoms. The lowest BCUT2D eigenvalue weighted by Crippen LogP contribution is -2.54. The Kier molecular flexibility index (Phi) is 4.61. The lowest BCUT2D eigenvalue weighted by Gasteiger charge is -2.38. The quantitative estimate of drug-likeness (QED) is 0.640. The number of benzene rings is 1. The Labute approximate surface area is 163 Å². The molecule has 4 rings (SSSR count). The molecule has 2 aliphatic heterocycles. The molecule has 7 nitrogen and oxygen atoms in total. The molecular weight excluding hydrogens is 360 g/mol. The Morgan fingerprint density at radius 3 is 2.79 bits per heavy atom. The first-order valence-corrected chi connectivity index (χ1v) is 9.57. The lowest BCUT2D eigenvalue weighted by atomic mass is 9.71. The number of carbonyl (C=O) groups excluding carboxylic acids is 3. The fourth-order valence-electron chi connectivity index (χ4n) is 4.87. The highest BCUT2D eigenvalue weighted by atomic mass is 16.5. The summed E-state index contributed by atoms with van der Waals surface area (Å²) < 4.78 is 12.0. The third-order valence-electron chi connectivity index (χ3n) is 6.08. The van der Waals surface area contributed by atoms with Gasteiger partial charge in [-0.2, -0.15) is 0 Å². The van der Waals surface area contributed by atoms with Gasteiger partial charge >= 0.3 is 11.9 Å². The van der Waals surface area contributed by atoms with Crippen LogP contribution in [0.5, 0.6) is 0 Å². The second kappa shape index (κ2) is 6.96. The molecule has 0 radical (unpaired) electrons. The number of aromatic nitrogens is 1. The molecule has 0 saturated heterocycles. The van der Waals surface area contributed by atoms with E-state index in [-0.39, 0.29) is 24.2 Å². The Balaban J connectivity index is 1.92. The largest absolute Gasteiger partial charge is 0.469 e. The number of nitrogens with one attached hydrogen (secondary N) is 1. The van der Waals surface area contributed by atoms with Crippen LogP contribution in [0.3, 0.4) is 0 Å². The summed E-state index contributed by atoms with van der Waals surface area (Å²) in [5, 5.41) is 3.98. The maximum atomic E-state index is 13.2. The Hall–Kier alpha value is -2.83. The minimum absolute atomic E-state index is 0.0294. The van der Waals surface area contributed by atoms with Crippen molar-refractivity contribution in [3.05, 3.63) is 35.5 Å². The predicted molar refractivity (Wildman–Crippen MR) is 102 cm³/mol. The summed E-state index contributed by atoms with van der Waals surface area (Å²) in [5.74, 6) is -1.18. The van der Waals surface area contributed by atoms with Crippen LogP contribution in [-0.4, -0.2) is 43.2 Å². The maximum absolute atomic E-state index is 13.2. The van der Waals surface area contributed by atoms with Crippen LogP contribution in [0.25, 0.3) is 10.9 Å². The van der Waals surface area contributed by atoms with Gasteiger partial charge in [0.05, 0.1) is 14.2 Å². The molecule has 28 heavy (non-hydrogen) atoms. The van der Waals surface area contributed by atoms with Crippen LogP contribution >= 0.6 is 0 Å². The number of nitrogens with zero attached hydrogens (tertiary/aromatic N) is 1. The first-order chi connectivity index (χ1) is 13.5. The average Bonchev–Trinajstić information content (AvgIpc) is 2.95. The van der Waals surface area contributed by atoms with Crippen LogP contribution in [0.4, 0.5) is 0 Å². The number of amides is 1. The first kappa shape index (κ1) is 18.5. The highest BCUT2D eigenvalue weighted by Crippen LogP contribution is 2.46. The third-order valence-corrected chi connectivity index (χ3v) is 6.08. The van der Waals surface area contributed by atoms with Crippen LogP contribution in [0.2, 0.25) is 0 Å². The summed E-state index contributed by atoms with van der Waals surface area (Å²) in [6.07, 6.45) is 1.79. The van der Waals surface area contributed by atoms with Crippen molar-refractivity contribution in [3.63, 3.8) is 0 Å². The van der Waals surface area contributed by atoms with Gasteiger partial charge in [0.15, 0.2) is 5.41 Å². The summed E-state index contributed by atoms with van der Waals surface area (Å²) in [6, 6.07) is 7.99. The van der Waals surface area contributed by atoms with Gasteiger partial charge < -0.3 is 19.4 Å². The standard InChI is InChI=1S/C21H24N2O5/c1-27-17(24)8-7-13-11-21(20(26)28-2)18-15(9-10-22-19(21)25)14-5-3-4-6-16(14)23(18)12-13/h3-6,13H,7-12H2,1-2H3,(H,22,25)/t13-,21-/m1/s1. The van der Waals surface area contributed by atoms with Crippen LogP contribution in [-0.2, 0) is 42.2 Å². The van der Waals surface area contributed by atoms with Gasteiger partial charge in [-0.05, 0) is 36.8 Å². The molecule has 1 amide bonds. The molecule has 1 N–H and O–H groups in total. The van der Waals surface area contributed by atoms with Crippen LogP contribution in [0.1, 0.15) is 30.5 Å². The lowest BCUT2D eigenvalue weighted by molar-refractivity contribution is -0.154. The molecular formula is C21H24N2O5. The molecule has 3 heterocycles. The molecule has 148 valence electrons. The smallest absolute Gasteiger partial charge is 0.327 e. The van der Waals surface area contributed by atoms with E-state index < -0.39 is 11.4 Å². The Bertz CT molecular complexity index is 963. The summed E-state index contributed by atoms with van der Waals surface area (Å²) in [7, 11) is 2.68. The summed E-state index contributed by atoms with van der Waals surface area (Å²) in [4.78, 5) is 37.9. The van der Waals surface area contributed by atoms with E-state index in [1.807, 2.05) is 24.3 Å². The molecule has 0 spiro atoms. The van der Waals surface area contributed by atoms with Crippen molar-refractivity contribution >= 4 is 28.7 Å². The van der Waals surface area contributed by atoms with Crippen molar-refractivity contribution in [3.8, 4) is 0 Å². The number of fused-ring (bicyclic) bond motifs is 3. The van der Waals surface area contributed by atoms with E-state index in [4.69, 9.17) is 9.47 Å². The van der Waals surface area contributed by atoms with Gasteiger partial charge in [0.25, 0.3) is 0 Å². The number of esters is 2. The van der Waals surface area contributed by atoms with E-state index in [1.165, 1.54) is 14.2 Å². The zero-order valence-electron chi connectivity index (χ0n) is 16.1. The van der Waals surface area contributed by atoms with Gasteiger partial charge in [-0.3, -0.25) is 14.4 Å². The number of hydrogen-bond acceptors (Lipinski definition) is 5. The van der Waals surface area contributed by atoms with Gasteiger partial charge in [-0.1, -0.05) is 18.2 Å². The fraction of sp³-hybridized carbons (Fsp3) is 0.476. The highest BCUT2D eigenvalue weighted by molar-refractivity contribution is 6.10. The minimum atomic E-state index is -1.39. The zero-order chi connectivity index (χ0) is 19.9. The number of rotatable bonds is 4. The summed E-state index contributed by atoms with van der Waals surface area (Å²) >= 11 is 0. The number of methoxy groups -OCH3 is 2. The van der Waals surface area contributed by atoms with Gasteiger partial charge in [-0.15, -0.1) is 0 Å². The molecule has 7 heteroatoms. The van der Waals surface area contributed by atoms with Crippen LogP contribution < -0.4 is 5.32 Å². The Morgan fingerprint density at radius 1 is 1.25 bits per heavy atom. The zero-order valence-corrected chi connectivity index (χ0v) is 16.1. The molecule has 0 aliphatic carbocycles. The monoisotopic (exact) mass is 384 g/mol. The fourth-order valence-corrected chi connectivity index (χ4v) is 4.87. The van der Waals surface area contributed by atoms with Crippen molar-refractivity contribution in [2.75, 3.05) is 20.8 Å². The average molecular weight is 384 g/mol. The van der Waals surface area contributed by atoms with Crippen molar-refractivity contribution in [1.29, 1.82) is 0 Å². The molecule has 2 aromatic rings. The highest BCUT2D eigenvalue weighted by Gasteiger charge is 2.56. The van der Waals surface area contributed by atoms with E-state index >= 15 is 0 Å². The van der Waals surface area contributed by atoms with Gasteiger partial charge in [0.2, 0.25) is 5.91 Å². The second-order valence-corrected chi connectivity index (χ2v) is 7.54. The minimum Gasteiger partial charge on any atom is -0.469 e. The predicted octanol–water partition coefficient (Wildman–Crippen LogP) is 1.70. The van der Waals surface area contributed by atoms with Crippen molar-refractivity contribution in [2.45, 2.75) is 37.6 Å². The first-order valence-electron chi connectivity index (χ1n) is 9.57. The Morgan fingerprint density at radius 2 is 2.04 bits per heavy atom. The number of carbonyl (C=O) groups is 3. The molecule has 0 unspecified atom stereocenters. The second-order valence-electron chi connectivity index (χ2n) is 7.54. The molecule has 0 saturated carbocycles. The van der Waals surface area contributed by atoms with E-state index in [2.05, 4.69) is 9.88 Å². The number of para-hydroxylation sites is 1. The normalized spacial score (nSPS) is 23.5. The van der Waals surface area contributed by atoms with Gasteiger partial charge in [0.1, 0.15) is 0 Å². The molecule has 1 aromatic carbocycles. The van der Waals surface area contributed by atoms with E-state index in [9.17, 15) is 14.4 Å². The van der Waals surface area contributed by atoms with Crippen LogP contribution in [0, 0.1) is 5.92 Å². The molecule has 1 aromatic heterocycles. The SMILES string of the molecule is COC(=O)CC[C@H]1Cn2c3c(c4ccccc42)CCNC(=O)[C@@]3(C(=O)OC)C1. The van der Waals surface area contributed by atoms with Gasteiger partial charge in [0, 0.05) is 36.1 Å². The summed E-state index contributed by atoms with van der Waals surface area (Å²) in [6.45, 7) is 1.13. The molecule has 0 fully saturated rings. The maximum Gasteiger partial charge on any atom is 0.327 e. The van der Waals surface area contributed by atoms with E-state index in [1.54, 1.807) is 0 Å². The van der Waals surface area contributed by atoms with Crippen molar-refractivity contribution in [2.24, 2.45) is 5.92 Å². The molecule has 2 aliphatic rings. The third kappa shape index (κ3) is 2.60. The van der Waals surface area contributed by atoms with Crippen molar-refractivity contribution < 1.29 is 23.9 Å². The van der Waals surface area contributed by atoms with E-state index in [0.29, 0.717) is 32.4 Å². The number of ether oxygens (including phenoxy) is 2.